The van der Waals surface area contributed by atoms with Gasteiger partial charge in [-0.15, -0.1) is 0 Å². The van der Waals surface area contributed by atoms with Crippen LogP contribution in [0.2, 0.25) is 0 Å². The number of aliphatic hydroxyl groups is 1. The van der Waals surface area contributed by atoms with E-state index in [2.05, 4.69) is 0 Å². The zero-order valence-electron chi connectivity index (χ0n) is 11.9. The molecule has 1 saturated carbocycles. The monoisotopic (exact) mass is 283 g/mol. The number of hydrogen-bond acceptors (Lipinski definition) is 3. The standard InChI is InChI=1S/C17H17NO3/c1-2-16-10-12-9-11-5-3-4-6-13(11)15(20)18(12)17(16,21)8-7-14(16)19/h3-6,9,21H,2,7-8,10H2,1H3/t16-,17-/m0/s1. The number of fused-ring (bicyclic) bond motifs is 4. The molecule has 1 aliphatic carbocycles. The first-order valence-electron chi connectivity index (χ1n) is 7.43. The van der Waals surface area contributed by atoms with Gasteiger partial charge in [0.2, 0.25) is 0 Å². The van der Waals surface area contributed by atoms with Crippen LogP contribution in [0.25, 0.3) is 10.8 Å². The van der Waals surface area contributed by atoms with Crippen LogP contribution in [0.5, 0.6) is 0 Å². The number of Topliss-reactive ketones (excluding diaryl/α,β-unsaturated/α-hetero) is 1. The zero-order valence-corrected chi connectivity index (χ0v) is 11.9. The minimum absolute atomic E-state index is 0.0830. The Kier molecular flexibility index (Phi) is 2.33. The third-order valence-corrected chi connectivity index (χ3v) is 5.46. The summed E-state index contributed by atoms with van der Waals surface area (Å²) < 4.78 is 1.49. The summed E-state index contributed by atoms with van der Waals surface area (Å²) >= 11 is 0. The summed E-state index contributed by atoms with van der Waals surface area (Å²) in [4.78, 5) is 25.2. The molecule has 2 heterocycles. The van der Waals surface area contributed by atoms with Crippen molar-refractivity contribution in [1.82, 2.24) is 4.57 Å². The first-order chi connectivity index (χ1) is 10.0. The third-order valence-electron chi connectivity index (χ3n) is 5.46. The highest BCUT2D eigenvalue weighted by Crippen LogP contribution is 2.55. The number of nitrogens with zero attached hydrogens (tertiary/aromatic N) is 1. The van der Waals surface area contributed by atoms with Crippen molar-refractivity contribution >= 4 is 16.6 Å². The summed E-state index contributed by atoms with van der Waals surface area (Å²) in [6.45, 7) is 1.92. The van der Waals surface area contributed by atoms with E-state index in [0.29, 0.717) is 31.1 Å². The fourth-order valence-corrected chi connectivity index (χ4v) is 4.32. The lowest BCUT2D eigenvalue weighted by atomic mass is 9.76. The molecule has 2 aromatic rings. The van der Waals surface area contributed by atoms with E-state index in [0.717, 1.165) is 11.1 Å². The van der Waals surface area contributed by atoms with Crippen LogP contribution in [0.1, 0.15) is 31.9 Å². The Hall–Kier alpha value is -1.94. The maximum absolute atomic E-state index is 12.8. The maximum Gasteiger partial charge on any atom is 0.260 e. The highest BCUT2D eigenvalue weighted by molar-refractivity contribution is 5.90. The summed E-state index contributed by atoms with van der Waals surface area (Å²) in [5.41, 5.74) is -1.59. The fraction of sp³-hybridized carbons (Fsp3) is 0.412. The van der Waals surface area contributed by atoms with Gasteiger partial charge in [0.1, 0.15) is 5.78 Å². The first kappa shape index (κ1) is 12.8. The molecule has 1 aromatic heterocycles. The Morgan fingerprint density at radius 2 is 2.05 bits per heavy atom. The van der Waals surface area contributed by atoms with Crippen LogP contribution in [0.4, 0.5) is 0 Å². The number of carbonyl (C=O) groups excluding carboxylic acids is 1. The second kappa shape index (κ2) is 3.83. The van der Waals surface area contributed by atoms with Crippen LogP contribution in [0.15, 0.2) is 35.1 Å². The molecule has 1 aliphatic heterocycles. The van der Waals surface area contributed by atoms with Crippen LogP contribution in [-0.2, 0) is 16.9 Å². The normalized spacial score (nSPS) is 30.7. The molecule has 1 N–H and O–H groups in total. The highest BCUT2D eigenvalue weighted by Gasteiger charge is 2.64. The number of hydrogen-bond donors (Lipinski definition) is 1. The molecule has 4 heteroatoms. The lowest BCUT2D eigenvalue weighted by Gasteiger charge is -2.34. The van der Waals surface area contributed by atoms with Gasteiger partial charge in [-0.1, -0.05) is 25.1 Å². The Bertz CT molecular complexity index is 838. The van der Waals surface area contributed by atoms with Gasteiger partial charge in [0.25, 0.3) is 5.56 Å². The van der Waals surface area contributed by atoms with E-state index in [1.807, 2.05) is 31.2 Å². The summed E-state index contributed by atoms with van der Waals surface area (Å²) in [6, 6.07) is 9.33. The first-order valence-corrected chi connectivity index (χ1v) is 7.43. The summed E-state index contributed by atoms with van der Waals surface area (Å²) in [6.07, 6.45) is 1.70. The quantitative estimate of drug-likeness (QED) is 0.870. The van der Waals surface area contributed by atoms with Gasteiger partial charge in [0.15, 0.2) is 5.72 Å². The van der Waals surface area contributed by atoms with E-state index < -0.39 is 11.1 Å². The molecule has 2 atom stereocenters. The van der Waals surface area contributed by atoms with E-state index in [1.165, 1.54) is 4.57 Å². The van der Waals surface area contributed by atoms with Crippen molar-refractivity contribution in [3.05, 3.63) is 46.4 Å². The molecule has 0 radical (unpaired) electrons. The number of benzene rings is 1. The Labute approximate surface area is 122 Å². The second-order valence-electron chi connectivity index (χ2n) is 6.22. The predicted molar refractivity (Wildman–Crippen MR) is 79.1 cm³/mol. The van der Waals surface area contributed by atoms with Crippen molar-refractivity contribution in [1.29, 1.82) is 0 Å². The second-order valence-corrected chi connectivity index (χ2v) is 6.22. The van der Waals surface area contributed by atoms with Crippen LogP contribution < -0.4 is 5.56 Å². The molecule has 1 aromatic carbocycles. The molecule has 0 unspecified atom stereocenters. The molecule has 4 nitrogen and oxygen atoms in total. The number of pyridine rings is 1. The van der Waals surface area contributed by atoms with Gasteiger partial charge in [-0.05, 0) is 23.9 Å². The lowest BCUT2D eigenvalue weighted by Crippen LogP contribution is -2.48. The molecule has 21 heavy (non-hydrogen) atoms. The minimum atomic E-state index is -1.35. The molecule has 1 fully saturated rings. The van der Waals surface area contributed by atoms with Crippen LogP contribution in [0, 0.1) is 5.41 Å². The average Bonchev–Trinajstić information content (AvgIpc) is 2.88. The van der Waals surface area contributed by atoms with Crippen molar-refractivity contribution < 1.29 is 9.90 Å². The number of aromatic nitrogens is 1. The molecule has 0 saturated heterocycles. The van der Waals surface area contributed by atoms with Gasteiger partial charge in [-0.3, -0.25) is 14.2 Å². The average molecular weight is 283 g/mol. The van der Waals surface area contributed by atoms with Gasteiger partial charge in [-0.25, -0.2) is 0 Å². The van der Waals surface area contributed by atoms with Gasteiger partial charge < -0.3 is 5.11 Å². The van der Waals surface area contributed by atoms with Crippen LogP contribution in [0.3, 0.4) is 0 Å². The van der Waals surface area contributed by atoms with E-state index in [9.17, 15) is 14.7 Å². The predicted octanol–water partition coefficient (Wildman–Crippen LogP) is 1.96. The molecular formula is C17H17NO3. The van der Waals surface area contributed by atoms with Gasteiger partial charge >= 0.3 is 0 Å². The molecule has 4 rings (SSSR count). The van der Waals surface area contributed by atoms with Gasteiger partial charge in [0, 0.05) is 30.3 Å². The van der Waals surface area contributed by atoms with Crippen molar-refractivity contribution in [2.75, 3.05) is 0 Å². The highest BCUT2D eigenvalue weighted by atomic mass is 16.3. The number of carbonyl (C=O) groups is 1. The Morgan fingerprint density at radius 3 is 2.81 bits per heavy atom. The van der Waals surface area contributed by atoms with Crippen LogP contribution >= 0.6 is 0 Å². The zero-order chi connectivity index (χ0) is 14.8. The van der Waals surface area contributed by atoms with Crippen molar-refractivity contribution in [3.63, 3.8) is 0 Å². The number of rotatable bonds is 1. The molecule has 108 valence electrons. The van der Waals surface area contributed by atoms with E-state index in [4.69, 9.17) is 0 Å². The van der Waals surface area contributed by atoms with Gasteiger partial charge in [0.05, 0.1) is 5.41 Å². The fourth-order valence-electron chi connectivity index (χ4n) is 4.32. The topological polar surface area (TPSA) is 59.3 Å². The molecule has 0 spiro atoms. The number of ketones is 1. The third kappa shape index (κ3) is 1.29. The van der Waals surface area contributed by atoms with E-state index in [1.54, 1.807) is 6.07 Å². The SMILES string of the molecule is CC[C@@]12Cc3cc4ccccc4c(=O)n3[C@]1(O)CCC2=O. The largest absolute Gasteiger partial charge is 0.369 e. The van der Waals surface area contributed by atoms with Crippen molar-refractivity contribution in [2.45, 2.75) is 38.3 Å². The van der Waals surface area contributed by atoms with E-state index in [-0.39, 0.29) is 11.3 Å². The molecule has 0 amide bonds. The summed E-state index contributed by atoms with van der Waals surface area (Å²) in [5, 5.41) is 12.7. The molecule has 2 aliphatic rings. The van der Waals surface area contributed by atoms with Crippen LogP contribution in [-0.4, -0.2) is 15.5 Å². The molecular weight excluding hydrogens is 266 g/mol. The lowest BCUT2D eigenvalue weighted by molar-refractivity contribution is -0.146. The molecule has 0 bridgehead atoms. The maximum atomic E-state index is 12.8. The van der Waals surface area contributed by atoms with Crippen molar-refractivity contribution in [3.8, 4) is 0 Å². The Morgan fingerprint density at radius 1 is 1.29 bits per heavy atom. The Balaban J connectivity index is 2.10. The smallest absolute Gasteiger partial charge is 0.260 e. The van der Waals surface area contributed by atoms with E-state index >= 15 is 0 Å². The minimum Gasteiger partial charge on any atom is -0.369 e. The van der Waals surface area contributed by atoms with Gasteiger partial charge in [-0.2, -0.15) is 0 Å². The summed E-state index contributed by atoms with van der Waals surface area (Å²) in [7, 11) is 0. The van der Waals surface area contributed by atoms with Crippen molar-refractivity contribution in [2.24, 2.45) is 5.41 Å². The summed E-state index contributed by atoms with van der Waals surface area (Å²) in [5.74, 6) is 0.0830.